The van der Waals surface area contributed by atoms with Crippen LogP contribution in [0.25, 0.3) is 0 Å². The maximum absolute atomic E-state index is 14.2. The molecular weight excluding hydrogens is 582 g/mol. The van der Waals surface area contributed by atoms with Crippen LogP contribution in [0.15, 0.2) is 83.4 Å². The molecule has 13 heteroatoms. The lowest BCUT2D eigenvalue weighted by Crippen LogP contribution is -2.76. The maximum atomic E-state index is 14.2. The summed E-state index contributed by atoms with van der Waals surface area (Å²) >= 11 is 1.63. The molecule has 3 heterocycles. The van der Waals surface area contributed by atoms with Gasteiger partial charge in [0.2, 0.25) is 17.7 Å². The predicted molar refractivity (Wildman–Crippen MR) is 165 cm³/mol. The zero-order chi connectivity index (χ0) is 30.8. The van der Waals surface area contributed by atoms with E-state index in [-0.39, 0.29) is 68.0 Å². The van der Waals surface area contributed by atoms with E-state index < -0.39 is 24.1 Å². The molecule has 228 valence electrons. The molecule has 2 fully saturated rings. The Hall–Kier alpha value is -4.62. The molecule has 2 saturated heterocycles. The van der Waals surface area contributed by atoms with E-state index in [2.05, 4.69) is 16.4 Å². The fourth-order valence-corrected chi connectivity index (χ4v) is 7.03. The minimum absolute atomic E-state index is 0.0568. The average Bonchev–Trinajstić information content (AvgIpc) is 3.50. The molecule has 4 unspecified atom stereocenters. The number of hydrogen-bond donors (Lipinski definition) is 3. The second-order valence-electron chi connectivity index (χ2n) is 11.1. The molecule has 44 heavy (non-hydrogen) atoms. The number of piperazine rings is 1. The smallest absolute Gasteiger partial charge is 0.334 e. The number of urea groups is 1. The van der Waals surface area contributed by atoms with Gasteiger partial charge >= 0.3 is 6.03 Å². The van der Waals surface area contributed by atoms with Gasteiger partial charge in [0.1, 0.15) is 18.0 Å². The number of nitrogens with zero attached hydrogens (tertiary/aromatic N) is 5. The Balaban J connectivity index is 1.37. The molecule has 0 bridgehead atoms. The average molecular weight is 616 g/mol. The second kappa shape index (κ2) is 12.5. The Morgan fingerprint density at radius 3 is 2.57 bits per heavy atom. The molecule has 3 aliphatic heterocycles. The molecule has 5 amide bonds. The number of nitrogens with two attached hydrogens (primary N) is 1. The lowest BCUT2D eigenvalue weighted by molar-refractivity contribution is -0.191. The fraction of sp³-hybridized carbons (Fsp3) is 0.323. The van der Waals surface area contributed by atoms with E-state index in [4.69, 9.17) is 5.73 Å². The summed E-state index contributed by atoms with van der Waals surface area (Å²) in [6.07, 6.45) is 5.37. The molecule has 0 saturated carbocycles. The molecule has 0 aromatic heterocycles. The lowest BCUT2D eigenvalue weighted by Gasteiger charge is -2.55. The summed E-state index contributed by atoms with van der Waals surface area (Å²) in [5.74, 6) is -1.14. The van der Waals surface area contributed by atoms with Gasteiger partial charge in [-0.1, -0.05) is 60.7 Å². The SMILES string of the molecule is NC(=O)CNC(=O)N1C2CN(CC3=CC=CC4SC=NC34)C(=O)C(Cc3ccc(O)cc3)N2C(=O)CN1Cc1ccccc1. The zero-order valence-corrected chi connectivity index (χ0v) is 24.7. The number of thioether (sulfide) groups is 1. The molecule has 0 spiro atoms. The van der Waals surface area contributed by atoms with Crippen LogP contribution in [0.2, 0.25) is 0 Å². The normalized spacial score (nSPS) is 24.6. The first-order valence-electron chi connectivity index (χ1n) is 14.3. The number of carbonyl (C=O) groups excluding carboxylic acids is 4. The van der Waals surface area contributed by atoms with E-state index in [1.54, 1.807) is 33.8 Å². The van der Waals surface area contributed by atoms with Crippen LogP contribution in [0.4, 0.5) is 4.79 Å². The number of fused-ring (bicyclic) bond motifs is 2. The molecule has 4 aliphatic rings. The topological polar surface area (TPSA) is 152 Å². The van der Waals surface area contributed by atoms with Crippen LogP contribution >= 0.6 is 11.8 Å². The number of benzene rings is 2. The van der Waals surface area contributed by atoms with E-state index in [9.17, 15) is 24.3 Å². The molecule has 4 N–H and O–H groups in total. The van der Waals surface area contributed by atoms with Crippen molar-refractivity contribution in [1.29, 1.82) is 0 Å². The first kappa shape index (κ1) is 29.5. The number of phenolic OH excluding ortho intramolecular Hbond substituents is 1. The number of aliphatic imine (C=N–C) groups is 1. The molecule has 12 nitrogen and oxygen atoms in total. The van der Waals surface area contributed by atoms with Crippen molar-refractivity contribution in [2.75, 3.05) is 26.2 Å². The van der Waals surface area contributed by atoms with Crippen molar-refractivity contribution in [3.05, 3.63) is 89.5 Å². The third-order valence-corrected chi connectivity index (χ3v) is 9.11. The van der Waals surface area contributed by atoms with Crippen molar-refractivity contribution in [3.63, 3.8) is 0 Å². The van der Waals surface area contributed by atoms with Gasteiger partial charge in [-0.3, -0.25) is 19.4 Å². The standard InChI is InChI=1S/C31H33N7O5S/c32-26(40)14-33-31(43)38-27-17-35(16-22-7-4-8-25-29(22)34-19-44-25)30(42)24(13-20-9-11-23(39)12-10-20)37(27)28(41)18-36(38)15-21-5-2-1-3-6-21/h1-12,19,24-25,27,29,39H,13-18H2,(H2,32,40)(H,33,43). The number of hydrazine groups is 1. The second-order valence-corrected chi connectivity index (χ2v) is 12.1. The number of allylic oxidation sites excluding steroid dienone is 2. The van der Waals surface area contributed by atoms with Crippen molar-refractivity contribution < 1.29 is 24.3 Å². The Morgan fingerprint density at radius 2 is 1.82 bits per heavy atom. The van der Waals surface area contributed by atoms with Gasteiger partial charge in [0.15, 0.2) is 0 Å². The zero-order valence-electron chi connectivity index (χ0n) is 23.9. The van der Waals surface area contributed by atoms with Gasteiger partial charge in [-0.2, -0.15) is 0 Å². The number of hydrogen-bond acceptors (Lipinski definition) is 8. The minimum atomic E-state index is -0.909. The van der Waals surface area contributed by atoms with E-state index in [0.29, 0.717) is 0 Å². The predicted octanol–water partition coefficient (Wildman–Crippen LogP) is 1.24. The molecule has 2 aromatic rings. The first-order valence-corrected chi connectivity index (χ1v) is 15.3. The van der Waals surface area contributed by atoms with Crippen LogP contribution in [0.5, 0.6) is 5.75 Å². The van der Waals surface area contributed by atoms with Gasteiger partial charge in [0, 0.05) is 19.5 Å². The van der Waals surface area contributed by atoms with Crippen LogP contribution < -0.4 is 11.1 Å². The molecule has 2 aromatic carbocycles. The highest BCUT2D eigenvalue weighted by Gasteiger charge is 2.51. The first-order chi connectivity index (χ1) is 21.3. The third kappa shape index (κ3) is 6.06. The summed E-state index contributed by atoms with van der Waals surface area (Å²) in [7, 11) is 0. The van der Waals surface area contributed by atoms with Gasteiger partial charge < -0.3 is 26.0 Å². The molecule has 0 radical (unpaired) electrons. The molecule has 4 atom stereocenters. The molecule has 1 aliphatic carbocycles. The number of rotatable bonds is 8. The number of primary amides is 1. The summed E-state index contributed by atoms with van der Waals surface area (Å²) in [5.41, 5.74) is 9.78. The van der Waals surface area contributed by atoms with Crippen molar-refractivity contribution in [1.82, 2.24) is 25.1 Å². The minimum Gasteiger partial charge on any atom is -0.508 e. The van der Waals surface area contributed by atoms with Crippen LogP contribution in [-0.2, 0) is 27.3 Å². The van der Waals surface area contributed by atoms with Crippen molar-refractivity contribution >= 4 is 41.1 Å². The highest BCUT2D eigenvalue weighted by atomic mass is 32.2. The monoisotopic (exact) mass is 615 g/mol. The summed E-state index contributed by atoms with van der Waals surface area (Å²) in [6, 6.07) is 14.4. The van der Waals surface area contributed by atoms with Crippen molar-refractivity contribution in [2.24, 2.45) is 10.7 Å². The van der Waals surface area contributed by atoms with Crippen molar-refractivity contribution in [2.45, 2.75) is 36.5 Å². The van der Waals surface area contributed by atoms with Gasteiger partial charge in [-0.15, -0.1) is 11.8 Å². The van der Waals surface area contributed by atoms with Gasteiger partial charge in [-0.05, 0) is 28.8 Å². The van der Waals surface area contributed by atoms with E-state index in [1.807, 2.05) is 48.0 Å². The van der Waals surface area contributed by atoms with Crippen LogP contribution in [-0.4, -0.2) is 104 Å². The Kier molecular flexibility index (Phi) is 8.40. The molecular formula is C31H33N7O5S. The van der Waals surface area contributed by atoms with Gasteiger partial charge in [0.05, 0.1) is 36.5 Å². The highest BCUT2D eigenvalue weighted by molar-refractivity contribution is 8.13. The Bertz CT molecular complexity index is 1530. The maximum Gasteiger partial charge on any atom is 0.334 e. The summed E-state index contributed by atoms with van der Waals surface area (Å²) in [4.78, 5) is 61.3. The van der Waals surface area contributed by atoms with Crippen LogP contribution in [0.1, 0.15) is 11.1 Å². The van der Waals surface area contributed by atoms with Crippen LogP contribution in [0.3, 0.4) is 0 Å². The van der Waals surface area contributed by atoms with Gasteiger partial charge in [0.25, 0.3) is 0 Å². The quantitative estimate of drug-likeness (QED) is 0.404. The van der Waals surface area contributed by atoms with E-state index >= 15 is 0 Å². The summed E-state index contributed by atoms with van der Waals surface area (Å²) in [6.45, 7) is 0.0553. The number of phenols is 1. The fourth-order valence-electron chi connectivity index (χ4n) is 6.11. The summed E-state index contributed by atoms with van der Waals surface area (Å²) in [5, 5.41) is 15.7. The third-order valence-electron chi connectivity index (χ3n) is 8.14. The van der Waals surface area contributed by atoms with Gasteiger partial charge in [-0.25, -0.2) is 14.8 Å². The Morgan fingerprint density at radius 1 is 1.05 bits per heavy atom. The van der Waals surface area contributed by atoms with E-state index in [0.717, 1.165) is 16.7 Å². The lowest BCUT2D eigenvalue weighted by atomic mass is 9.95. The number of aromatic hydroxyl groups is 1. The van der Waals surface area contributed by atoms with Crippen LogP contribution in [0, 0.1) is 0 Å². The number of nitrogens with one attached hydrogen (secondary N) is 1. The largest absolute Gasteiger partial charge is 0.508 e. The molecule has 6 rings (SSSR count). The summed E-state index contributed by atoms with van der Waals surface area (Å²) < 4.78 is 0. The van der Waals surface area contributed by atoms with Crippen molar-refractivity contribution in [3.8, 4) is 5.75 Å². The Labute approximate surface area is 258 Å². The number of amides is 5. The number of carbonyl (C=O) groups is 4. The highest BCUT2D eigenvalue weighted by Crippen LogP contribution is 2.34. The van der Waals surface area contributed by atoms with E-state index in [1.165, 1.54) is 22.0 Å².